The smallest absolute Gasteiger partial charge is 0.412 e. The minimum atomic E-state index is -0.524. The Kier molecular flexibility index (Phi) is 3.90. The number of para-hydroxylation sites is 1. The van der Waals surface area contributed by atoms with E-state index in [0.717, 1.165) is 49.3 Å². The maximum Gasteiger partial charge on any atom is 0.412 e. The van der Waals surface area contributed by atoms with E-state index in [0.29, 0.717) is 5.56 Å². The van der Waals surface area contributed by atoms with Crippen LogP contribution in [0, 0.1) is 11.3 Å². The fourth-order valence-electron chi connectivity index (χ4n) is 3.80. The average molecular weight is 333 g/mol. The number of amides is 1. The summed E-state index contributed by atoms with van der Waals surface area (Å²) in [5, 5.41) is 11.8. The standard InChI is InChI=1S/C20H19N3O2/c21-13-15-4-3-5-16(12-15)14-23-10-8-20(9-11-23)17-6-1-2-7-18(17)22-19(24)25-20/h1-7,12H,8-11,14H2,(H,22,24). The van der Waals surface area contributed by atoms with Gasteiger partial charge >= 0.3 is 6.09 Å². The van der Waals surface area contributed by atoms with E-state index in [9.17, 15) is 4.79 Å². The first-order valence-electron chi connectivity index (χ1n) is 8.49. The van der Waals surface area contributed by atoms with Crippen molar-refractivity contribution < 1.29 is 9.53 Å². The van der Waals surface area contributed by atoms with E-state index in [2.05, 4.69) is 16.3 Å². The van der Waals surface area contributed by atoms with Gasteiger partial charge < -0.3 is 4.74 Å². The lowest BCUT2D eigenvalue weighted by atomic mass is 9.82. The molecule has 1 amide bonds. The molecule has 0 saturated carbocycles. The third-order valence-electron chi connectivity index (χ3n) is 5.07. The molecule has 4 rings (SSSR count). The van der Waals surface area contributed by atoms with Gasteiger partial charge in [-0.05, 0) is 23.8 Å². The molecule has 0 unspecified atom stereocenters. The SMILES string of the molecule is N#Cc1cccc(CN2CCC3(CC2)OC(=O)Nc2ccccc23)c1. The van der Waals surface area contributed by atoms with Crippen molar-refractivity contribution in [1.82, 2.24) is 4.90 Å². The van der Waals surface area contributed by atoms with Gasteiger partial charge in [-0.1, -0.05) is 30.3 Å². The zero-order valence-corrected chi connectivity index (χ0v) is 13.9. The first-order chi connectivity index (χ1) is 12.2. The van der Waals surface area contributed by atoms with Crippen LogP contribution in [0.4, 0.5) is 10.5 Å². The summed E-state index contributed by atoms with van der Waals surface area (Å²) in [6.45, 7) is 2.50. The molecule has 25 heavy (non-hydrogen) atoms. The minimum absolute atomic E-state index is 0.367. The molecular weight excluding hydrogens is 314 g/mol. The van der Waals surface area contributed by atoms with E-state index >= 15 is 0 Å². The van der Waals surface area contributed by atoms with Gasteiger partial charge in [0.05, 0.1) is 17.3 Å². The number of fused-ring (bicyclic) bond motifs is 2. The van der Waals surface area contributed by atoms with Crippen LogP contribution in [0.2, 0.25) is 0 Å². The number of anilines is 1. The number of carbonyl (C=O) groups excluding carboxylic acids is 1. The van der Waals surface area contributed by atoms with E-state index in [4.69, 9.17) is 10.00 Å². The van der Waals surface area contributed by atoms with Gasteiger partial charge in [-0.2, -0.15) is 5.26 Å². The maximum absolute atomic E-state index is 12.0. The topological polar surface area (TPSA) is 65.4 Å². The fourth-order valence-corrected chi connectivity index (χ4v) is 3.80. The number of carbonyl (C=O) groups is 1. The Labute approximate surface area is 146 Å². The second kappa shape index (κ2) is 6.23. The van der Waals surface area contributed by atoms with E-state index in [1.165, 1.54) is 0 Å². The zero-order chi connectivity index (χ0) is 17.3. The van der Waals surface area contributed by atoms with Crippen LogP contribution in [0.5, 0.6) is 0 Å². The third-order valence-corrected chi connectivity index (χ3v) is 5.07. The molecule has 2 aliphatic heterocycles. The van der Waals surface area contributed by atoms with Gasteiger partial charge in [0.25, 0.3) is 0 Å². The van der Waals surface area contributed by atoms with Gasteiger partial charge in [0.1, 0.15) is 5.60 Å². The molecule has 2 aromatic rings. The van der Waals surface area contributed by atoms with Gasteiger partial charge in [-0.25, -0.2) is 4.79 Å². The molecule has 126 valence electrons. The molecule has 0 radical (unpaired) electrons. The highest BCUT2D eigenvalue weighted by Gasteiger charge is 2.44. The van der Waals surface area contributed by atoms with Crippen LogP contribution in [0.1, 0.15) is 29.5 Å². The first-order valence-corrected chi connectivity index (χ1v) is 8.49. The molecule has 0 atom stereocenters. The quantitative estimate of drug-likeness (QED) is 0.912. The number of nitrogens with one attached hydrogen (secondary N) is 1. The van der Waals surface area contributed by atoms with Crippen molar-refractivity contribution in [1.29, 1.82) is 5.26 Å². The lowest BCUT2D eigenvalue weighted by Gasteiger charge is -2.44. The van der Waals surface area contributed by atoms with Crippen LogP contribution >= 0.6 is 0 Å². The van der Waals surface area contributed by atoms with Crippen LogP contribution in [0.15, 0.2) is 48.5 Å². The summed E-state index contributed by atoms with van der Waals surface area (Å²) in [5.74, 6) is 0. The normalized spacial score (nSPS) is 18.8. The number of piperidine rings is 1. The number of ether oxygens (including phenoxy) is 1. The summed E-state index contributed by atoms with van der Waals surface area (Å²) in [6, 6.07) is 17.8. The van der Waals surface area contributed by atoms with Crippen LogP contribution < -0.4 is 5.32 Å². The molecule has 1 spiro atoms. The molecule has 2 heterocycles. The number of nitriles is 1. The highest BCUT2D eigenvalue weighted by atomic mass is 16.6. The van der Waals surface area contributed by atoms with Crippen LogP contribution in [0.25, 0.3) is 0 Å². The van der Waals surface area contributed by atoms with E-state index in [-0.39, 0.29) is 6.09 Å². The molecular formula is C20H19N3O2. The summed E-state index contributed by atoms with van der Waals surface area (Å²) >= 11 is 0. The minimum Gasteiger partial charge on any atom is -0.438 e. The highest BCUT2D eigenvalue weighted by Crippen LogP contribution is 2.43. The second-order valence-electron chi connectivity index (χ2n) is 6.64. The third kappa shape index (κ3) is 2.97. The zero-order valence-electron chi connectivity index (χ0n) is 13.9. The van der Waals surface area contributed by atoms with Crippen molar-refractivity contribution in [2.75, 3.05) is 18.4 Å². The van der Waals surface area contributed by atoms with Crippen molar-refractivity contribution in [2.45, 2.75) is 25.0 Å². The van der Waals surface area contributed by atoms with Crippen molar-refractivity contribution in [3.63, 3.8) is 0 Å². The second-order valence-corrected chi connectivity index (χ2v) is 6.64. The van der Waals surface area contributed by atoms with E-state index in [1.807, 2.05) is 48.5 Å². The Balaban J connectivity index is 1.50. The van der Waals surface area contributed by atoms with Gasteiger partial charge in [0.2, 0.25) is 0 Å². The largest absolute Gasteiger partial charge is 0.438 e. The summed E-state index contributed by atoms with van der Waals surface area (Å²) in [6.07, 6.45) is 1.18. The molecule has 5 nitrogen and oxygen atoms in total. The van der Waals surface area contributed by atoms with Crippen molar-refractivity contribution >= 4 is 11.8 Å². The summed E-state index contributed by atoms with van der Waals surface area (Å²) in [7, 11) is 0. The summed E-state index contributed by atoms with van der Waals surface area (Å²) in [5.41, 5.74) is 3.23. The predicted octanol–water partition coefficient (Wildman–Crippen LogP) is 3.61. The first kappa shape index (κ1) is 15.7. The van der Waals surface area contributed by atoms with Gasteiger partial charge in [-0.15, -0.1) is 0 Å². The molecule has 1 N–H and O–H groups in total. The lowest BCUT2D eigenvalue weighted by molar-refractivity contribution is -0.0393. The fraction of sp³-hybridized carbons (Fsp3) is 0.300. The van der Waals surface area contributed by atoms with Gasteiger partial charge in [0.15, 0.2) is 0 Å². The Hall–Kier alpha value is -2.84. The molecule has 0 bridgehead atoms. The summed E-state index contributed by atoms with van der Waals surface area (Å²) < 4.78 is 5.76. The van der Waals surface area contributed by atoms with Crippen LogP contribution in [0.3, 0.4) is 0 Å². The number of nitrogens with zero attached hydrogens (tertiary/aromatic N) is 2. The van der Waals surface area contributed by atoms with Gasteiger partial charge in [0, 0.05) is 38.0 Å². The van der Waals surface area contributed by atoms with Gasteiger partial charge in [-0.3, -0.25) is 10.2 Å². The molecule has 0 aliphatic carbocycles. The molecule has 1 saturated heterocycles. The summed E-state index contributed by atoms with van der Waals surface area (Å²) in [4.78, 5) is 14.3. The Bertz CT molecular complexity index is 848. The molecule has 5 heteroatoms. The van der Waals surface area contributed by atoms with Crippen molar-refractivity contribution in [3.05, 3.63) is 65.2 Å². The number of rotatable bonds is 2. The van der Waals surface area contributed by atoms with Crippen LogP contribution in [-0.4, -0.2) is 24.1 Å². The predicted molar refractivity (Wildman–Crippen MR) is 93.9 cm³/mol. The highest BCUT2D eigenvalue weighted by molar-refractivity contribution is 5.88. The lowest BCUT2D eigenvalue weighted by Crippen LogP contribution is -2.48. The maximum atomic E-state index is 12.0. The number of likely N-dealkylation sites (tertiary alicyclic amines) is 1. The van der Waals surface area contributed by atoms with E-state index < -0.39 is 5.60 Å². The van der Waals surface area contributed by atoms with Crippen molar-refractivity contribution in [2.24, 2.45) is 0 Å². The Morgan fingerprint density at radius 2 is 1.96 bits per heavy atom. The average Bonchev–Trinajstić information content (AvgIpc) is 2.64. The Morgan fingerprint density at radius 1 is 1.16 bits per heavy atom. The molecule has 2 aromatic carbocycles. The number of hydrogen-bond donors (Lipinski definition) is 1. The molecule has 2 aliphatic rings. The van der Waals surface area contributed by atoms with Crippen LogP contribution in [-0.2, 0) is 16.9 Å². The Morgan fingerprint density at radius 3 is 2.76 bits per heavy atom. The molecule has 0 aromatic heterocycles. The monoisotopic (exact) mass is 333 g/mol. The van der Waals surface area contributed by atoms with E-state index in [1.54, 1.807) is 0 Å². The molecule has 1 fully saturated rings. The van der Waals surface area contributed by atoms with Crippen molar-refractivity contribution in [3.8, 4) is 6.07 Å². The number of hydrogen-bond acceptors (Lipinski definition) is 4. The number of benzene rings is 2.